The van der Waals surface area contributed by atoms with E-state index in [1.807, 2.05) is 37.4 Å². The van der Waals surface area contributed by atoms with Crippen LogP contribution in [0.15, 0.2) is 30.5 Å². The number of nitrogen functional groups attached to an aromatic ring is 1. The van der Waals surface area contributed by atoms with Crippen LogP contribution >= 0.6 is 11.6 Å². The van der Waals surface area contributed by atoms with Crippen LogP contribution in [-0.2, 0) is 0 Å². The van der Waals surface area contributed by atoms with Crippen molar-refractivity contribution in [2.45, 2.75) is 12.4 Å². The molecule has 1 atom stereocenters. The lowest BCUT2D eigenvalue weighted by atomic mass is 9.97. The summed E-state index contributed by atoms with van der Waals surface area (Å²) in [6.45, 7) is 1.93. The number of aryl methyl sites for hydroxylation is 1. The van der Waals surface area contributed by atoms with Gasteiger partial charge >= 0.3 is 0 Å². The third-order valence-corrected chi connectivity index (χ3v) is 3.16. The summed E-state index contributed by atoms with van der Waals surface area (Å²) in [7, 11) is 0. The minimum absolute atomic E-state index is 0.249. The second-order valence-electron chi connectivity index (χ2n) is 3.95. The number of alkyl halides is 1. The first-order valence-corrected chi connectivity index (χ1v) is 5.75. The Hall–Kier alpha value is -1.74. The molecule has 0 spiro atoms. The lowest BCUT2D eigenvalue weighted by Crippen LogP contribution is -2.21. The van der Waals surface area contributed by atoms with Gasteiger partial charge in [0.15, 0.2) is 0 Å². The summed E-state index contributed by atoms with van der Waals surface area (Å²) in [5, 5.41) is 10.4. The number of hydrogen-bond donors (Lipinski definition) is 3. The summed E-state index contributed by atoms with van der Waals surface area (Å²) in [6, 6.07) is 3.88. The van der Waals surface area contributed by atoms with E-state index in [1.165, 1.54) is 6.21 Å². The Morgan fingerprint density at radius 2 is 2.24 bits per heavy atom. The lowest BCUT2D eigenvalue weighted by Gasteiger charge is -2.19. The molecule has 0 saturated carbocycles. The molecule has 0 amide bonds. The van der Waals surface area contributed by atoms with Crippen LogP contribution in [0, 0.1) is 12.3 Å². The maximum Gasteiger partial charge on any atom is 0.127 e. The van der Waals surface area contributed by atoms with E-state index in [-0.39, 0.29) is 5.50 Å². The van der Waals surface area contributed by atoms with Crippen molar-refractivity contribution in [3.63, 3.8) is 0 Å². The van der Waals surface area contributed by atoms with Gasteiger partial charge in [0.05, 0.1) is 0 Å². The normalized spacial score (nSPS) is 18.5. The van der Waals surface area contributed by atoms with Gasteiger partial charge in [-0.05, 0) is 48.0 Å². The van der Waals surface area contributed by atoms with Crippen LogP contribution in [0.1, 0.15) is 16.7 Å². The topological polar surface area (TPSA) is 61.9 Å². The molecule has 0 bridgehead atoms. The summed E-state index contributed by atoms with van der Waals surface area (Å²) in [6.07, 6.45) is 6.95. The molecule has 1 unspecified atom stereocenters. The van der Waals surface area contributed by atoms with Crippen molar-refractivity contribution >= 4 is 29.1 Å². The monoisotopic (exact) mass is 247 g/mol. The maximum atomic E-state index is 7.36. The molecule has 1 aliphatic rings. The Morgan fingerprint density at radius 3 is 2.88 bits per heavy atom. The van der Waals surface area contributed by atoms with Gasteiger partial charge in [0.2, 0.25) is 0 Å². The zero-order valence-corrected chi connectivity index (χ0v) is 10.3. The molecule has 0 aliphatic carbocycles. The van der Waals surface area contributed by atoms with E-state index >= 15 is 0 Å². The Labute approximate surface area is 105 Å². The molecule has 1 heterocycles. The van der Waals surface area contributed by atoms with E-state index in [1.54, 1.807) is 0 Å². The third kappa shape index (κ3) is 2.19. The standard InChI is InChI=1S/C13H14ClN3/c1-8-5-9(6-10(7-15)12(8)16)11-3-2-4-17-13(11)14/h2-7,13,15,17H,16H2,1H3. The molecule has 1 aromatic carbocycles. The molecule has 0 radical (unpaired) electrons. The van der Waals surface area contributed by atoms with Crippen molar-refractivity contribution in [3.05, 3.63) is 47.2 Å². The zero-order valence-electron chi connectivity index (χ0n) is 9.50. The molecule has 0 fully saturated rings. The Bertz CT molecular complexity index is 518. The van der Waals surface area contributed by atoms with Crippen molar-refractivity contribution in [2.24, 2.45) is 0 Å². The summed E-state index contributed by atoms with van der Waals surface area (Å²) < 4.78 is 0. The molecule has 4 heteroatoms. The van der Waals surface area contributed by atoms with Crippen LogP contribution in [0.2, 0.25) is 0 Å². The molecule has 4 N–H and O–H groups in total. The third-order valence-electron chi connectivity index (χ3n) is 2.80. The minimum atomic E-state index is -0.249. The van der Waals surface area contributed by atoms with Gasteiger partial charge in [-0.3, -0.25) is 0 Å². The van der Waals surface area contributed by atoms with E-state index in [9.17, 15) is 0 Å². The van der Waals surface area contributed by atoms with Crippen LogP contribution in [0.3, 0.4) is 0 Å². The van der Waals surface area contributed by atoms with Gasteiger partial charge in [0.1, 0.15) is 5.50 Å². The second-order valence-corrected chi connectivity index (χ2v) is 4.39. The Kier molecular flexibility index (Phi) is 3.20. The fraction of sp³-hybridized carbons (Fsp3) is 0.154. The number of nitrogens with one attached hydrogen (secondary N) is 2. The van der Waals surface area contributed by atoms with Crippen LogP contribution in [-0.4, -0.2) is 11.7 Å². The molecule has 2 rings (SSSR count). The SMILES string of the molecule is Cc1cc(C2=CC=CNC2Cl)cc(C=N)c1N. The van der Waals surface area contributed by atoms with Crippen LogP contribution in [0.25, 0.3) is 5.57 Å². The van der Waals surface area contributed by atoms with Crippen LogP contribution < -0.4 is 11.1 Å². The molecular weight excluding hydrogens is 234 g/mol. The highest BCUT2D eigenvalue weighted by molar-refractivity contribution is 6.26. The van der Waals surface area contributed by atoms with Gasteiger partial charge < -0.3 is 16.5 Å². The van der Waals surface area contributed by atoms with E-state index in [0.717, 1.165) is 22.3 Å². The highest BCUT2D eigenvalue weighted by Crippen LogP contribution is 2.27. The first kappa shape index (κ1) is 11.7. The quantitative estimate of drug-likeness (QED) is 0.326. The smallest absolute Gasteiger partial charge is 0.127 e. The average Bonchev–Trinajstić information content (AvgIpc) is 2.33. The highest BCUT2D eigenvalue weighted by Gasteiger charge is 2.15. The molecule has 3 nitrogen and oxygen atoms in total. The Morgan fingerprint density at radius 1 is 1.47 bits per heavy atom. The number of hydrogen-bond acceptors (Lipinski definition) is 3. The fourth-order valence-corrected chi connectivity index (χ4v) is 2.09. The molecule has 88 valence electrons. The summed E-state index contributed by atoms with van der Waals surface area (Å²) in [5.41, 5.74) is 9.95. The molecular formula is C13H14ClN3. The van der Waals surface area contributed by atoms with Gasteiger partial charge in [-0.2, -0.15) is 0 Å². The van der Waals surface area contributed by atoms with E-state index in [4.69, 9.17) is 22.7 Å². The van der Waals surface area contributed by atoms with Crippen LogP contribution in [0.4, 0.5) is 5.69 Å². The number of dihydropyridines is 1. The largest absolute Gasteiger partial charge is 0.398 e. The number of nitrogens with two attached hydrogens (primary N) is 1. The van der Waals surface area contributed by atoms with E-state index < -0.39 is 0 Å². The first-order valence-electron chi connectivity index (χ1n) is 5.31. The van der Waals surface area contributed by atoms with Crippen molar-refractivity contribution in [1.29, 1.82) is 5.41 Å². The van der Waals surface area contributed by atoms with Gasteiger partial charge in [0.25, 0.3) is 0 Å². The molecule has 0 aromatic heterocycles. The molecule has 0 saturated heterocycles. The maximum absolute atomic E-state index is 7.36. The second kappa shape index (κ2) is 4.63. The fourth-order valence-electron chi connectivity index (χ4n) is 1.82. The van der Waals surface area contributed by atoms with Gasteiger partial charge in [-0.25, -0.2) is 0 Å². The number of benzene rings is 1. The minimum Gasteiger partial charge on any atom is -0.398 e. The predicted molar refractivity (Wildman–Crippen MR) is 73.4 cm³/mol. The average molecular weight is 248 g/mol. The number of anilines is 1. The molecule has 1 aromatic rings. The summed E-state index contributed by atoms with van der Waals surface area (Å²) in [5.74, 6) is 0. The van der Waals surface area contributed by atoms with Crippen molar-refractivity contribution in [3.8, 4) is 0 Å². The number of rotatable bonds is 2. The summed E-state index contributed by atoms with van der Waals surface area (Å²) >= 11 is 6.19. The van der Waals surface area contributed by atoms with Gasteiger partial charge in [-0.1, -0.05) is 17.7 Å². The first-order chi connectivity index (χ1) is 8.13. The van der Waals surface area contributed by atoms with Gasteiger partial charge in [0, 0.05) is 17.5 Å². The predicted octanol–water partition coefficient (Wildman–Crippen LogP) is 2.64. The van der Waals surface area contributed by atoms with E-state index in [2.05, 4.69) is 5.32 Å². The molecule has 17 heavy (non-hydrogen) atoms. The van der Waals surface area contributed by atoms with E-state index in [0.29, 0.717) is 5.69 Å². The Balaban J connectivity index is 2.53. The molecule has 1 aliphatic heterocycles. The lowest BCUT2D eigenvalue weighted by molar-refractivity contribution is 0.918. The van der Waals surface area contributed by atoms with Crippen molar-refractivity contribution in [1.82, 2.24) is 5.32 Å². The summed E-state index contributed by atoms with van der Waals surface area (Å²) in [4.78, 5) is 0. The zero-order chi connectivity index (χ0) is 12.4. The van der Waals surface area contributed by atoms with Crippen LogP contribution in [0.5, 0.6) is 0 Å². The number of allylic oxidation sites excluding steroid dienone is 2. The highest BCUT2D eigenvalue weighted by atomic mass is 35.5. The number of halogens is 1. The van der Waals surface area contributed by atoms with Crippen molar-refractivity contribution in [2.75, 3.05) is 5.73 Å². The van der Waals surface area contributed by atoms with Gasteiger partial charge in [-0.15, -0.1) is 0 Å². The van der Waals surface area contributed by atoms with Crippen molar-refractivity contribution < 1.29 is 0 Å².